The number of nitrogens with zero attached hydrogens (tertiary/aromatic N) is 4. The summed E-state index contributed by atoms with van der Waals surface area (Å²) in [6, 6.07) is 9.89. The summed E-state index contributed by atoms with van der Waals surface area (Å²) in [7, 11) is 1.75. The van der Waals surface area contributed by atoms with E-state index in [2.05, 4.69) is 20.5 Å². The van der Waals surface area contributed by atoms with E-state index in [1.165, 1.54) is 17.8 Å². The minimum atomic E-state index is -0.406. The fraction of sp³-hybridized carbons (Fsp3) is 0.176. The Morgan fingerprint density at radius 2 is 2.04 bits per heavy atom. The number of halogens is 1. The average molecular weight is 357 g/mol. The van der Waals surface area contributed by atoms with Gasteiger partial charge in [0.25, 0.3) is 0 Å². The van der Waals surface area contributed by atoms with Gasteiger partial charge in [-0.1, -0.05) is 23.9 Å². The topological polar surface area (TPSA) is 72.7 Å². The minimum absolute atomic E-state index is 0.173. The maximum Gasteiger partial charge on any atom is 0.237 e. The predicted molar refractivity (Wildman–Crippen MR) is 94.6 cm³/mol. The molecular weight excluding hydrogens is 341 g/mol. The molecule has 128 valence electrons. The number of aromatic nitrogens is 4. The van der Waals surface area contributed by atoms with Crippen LogP contribution in [0.1, 0.15) is 6.92 Å². The molecule has 0 radical (unpaired) electrons. The highest BCUT2D eigenvalue weighted by molar-refractivity contribution is 8.00. The first-order valence-corrected chi connectivity index (χ1v) is 8.46. The molecule has 1 N–H and O–H groups in total. The molecule has 0 aliphatic carbocycles. The Morgan fingerprint density at radius 1 is 1.24 bits per heavy atom. The summed E-state index contributed by atoms with van der Waals surface area (Å²) in [6.07, 6.45) is 3.21. The Hall–Kier alpha value is -2.74. The lowest BCUT2D eigenvalue weighted by molar-refractivity contribution is -0.115. The first-order valence-electron chi connectivity index (χ1n) is 7.58. The molecule has 2 aromatic heterocycles. The van der Waals surface area contributed by atoms with E-state index in [4.69, 9.17) is 0 Å². The number of benzene rings is 1. The Balaban J connectivity index is 1.73. The fourth-order valence-electron chi connectivity index (χ4n) is 2.19. The van der Waals surface area contributed by atoms with Crippen molar-refractivity contribution in [2.45, 2.75) is 17.3 Å². The third-order valence-electron chi connectivity index (χ3n) is 3.53. The SMILES string of the molecule is C[C@H](Sc1nnc(-c2ccccc2F)n1C)C(=O)Nc1cccnc1. The van der Waals surface area contributed by atoms with Gasteiger partial charge in [-0.2, -0.15) is 0 Å². The van der Waals surface area contributed by atoms with Crippen molar-refractivity contribution in [3.8, 4) is 11.4 Å². The Morgan fingerprint density at radius 3 is 2.76 bits per heavy atom. The Labute approximate surface area is 148 Å². The van der Waals surface area contributed by atoms with Gasteiger partial charge < -0.3 is 9.88 Å². The quantitative estimate of drug-likeness (QED) is 0.710. The molecular formula is C17H16FN5OS. The van der Waals surface area contributed by atoms with Crippen LogP contribution in [0.4, 0.5) is 10.1 Å². The third-order valence-corrected chi connectivity index (χ3v) is 4.66. The zero-order valence-corrected chi connectivity index (χ0v) is 14.5. The van der Waals surface area contributed by atoms with Gasteiger partial charge in [0.05, 0.1) is 22.7 Å². The number of carbonyl (C=O) groups is 1. The molecule has 0 spiro atoms. The van der Waals surface area contributed by atoms with Gasteiger partial charge in [0.15, 0.2) is 11.0 Å². The smallest absolute Gasteiger partial charge is 0.237 e. The molecule has 6 nitrogen and oxygen atoms in total. The second-order valence-corrected chi connectivity index (χ2v) is 6.64. The van der Waals surface area contributed by atoms with Crippen LogP contribution in [0.5, 0.6) is 0 Å². The lowest BCUT2D eigenvalue weighted by Gasteiger charge is -2.11. The number of nitrogens with one attached hydrogen (secondary N) is 1. The predicted octanol–water partition coefficient (Wildman–Crippen LogP) is 3.14. The first kappa shape index (κ1) is 17.1. The number of hydrogen-bond acceptors (Lipinski definition) is 5. The van der Waals surface area contributed by atoms with E-state index in [0.717, 1.165) is 0 Å². The van der Waals surface area contributed by atoms with Gasteiger partial charge in [0.2, 0.25) is 5.91 Å². The van der Waals surface area contributed by atoms with Crippen molar-refractivity contribution in [3.63, 3.8) is 0 Å². The summed E-state index contributed by atoms with van der Waals surface area (Å²) in [5, 5.41) is 11.1. The van der Waals surface area contributed by atoms with E-state index in [1.807, 2.05) is 0 Å². The number of anilines is 1. The number of thioether (sulfide) groups is 1. The van der Waals surface area contributed by atoms with Crippen molar-refractivity contribution in [1.82, 2.24) is 19.7 Å². The summed E-state index contributed by atoms with van der Waals surface area (Å²) in [4.78, 5) is 16.2. The highest BCUT2D eigenvalue weighted by Gasteiger charge is 2.20. The number of carbonyl (C=O) groups excluding carboxylic acids is 1. The Kier molecular flexibility index (Phi) is 5.08. The summed E-state index contributed by atoms with van der Waals surface area (Å²) in [5.74, 6) is -0.120. The van der Waals surface area contributed by atoms with E-state index >= 15 is 0 Å². The van der Waals surface area contributed by atoms with Crippen LogP contribution in [0, 0.1) is 5.82 Å². The van der Waals surface area contributed by atoms with Crippen LogP contribution in [-0.4, -0.2) is 30.9 Å². The molecule has 0 aliphatic rings. The molecule has 0 fully saturated rings. The first-order chi connectivity index (χ1) is 12.1. The lowest BCUT2D eigenvalue weighted by atomic mass is 10.2. The highest BCUT2D eigenvalue weighted by Crippen LogP contribution is 2.27. The molecule has 0 saturated heterocycles. The van der Waals surface area contributed by atoms with E-state index < -0.39 is 5.25 Å². The van der Waals surface area contributed by atoms with Crippen LogP contribution in [0.25, 0.3) is 11.4 Å². The molecule has 0 bridgehead atoms. The summed E-state index contributed by atoms with van der Waals surface area (Å²) in [5.41, 5.74) is 1.00. The van der Waals surface area contributed by atoms with Crippen LogP contribution >= 0.6 is 11.8 Å². The standard InChI is InChI=1S/C17H16FN5OS/c1-11(16(24)20-12-6-5-9-19-10-12)25-17-22-21-15(23(17)2)13-7-3-4-8-14(13)18/h3-11H,1-2H3,(H,20,24)/t11-/m0/s1. The zero-order valence-electron chi connectivity index (χ0n) is 13.7. The lowest BCUT2D eigenvalue weighted by Crippen LogP contribution is -2.22. The third kappa shape index (κ3) is 3.85. The number of rotatable bonds is 5. The van der Waals surface area contributed by atoms with Gasteiger partial charge in [0, 0.05) is 13.2 Å². The van der Waals surface area contributed by atoms with E-state index in [1.54, 1.807) is 61.3 Å². The van der Waals surface area contributed by atoms with E-state index in [-0.39, 0.29) is 11.7 Å². The molecule has 3 rings (SSSR count). The monoisotopic (exact) mass is 357 g/mol. The molecule has 3 aromatic rings. The zero-order chi connectivity index (χ0) is 17.8. The summed E-state index contributed by atoms with van der Waals surface area (Å²) in [6.45, 7) is 1.77. The molecule has 0 unspecified atom stereocenters. The fourth-order valence-corrected chi connectivity index (χ4v) is 3.00. The second kappa shape index (κ2) is 7.43. The van der Waals surface area contributed by atoms with Crippen molar-refractivity contribution in [1.29, 1.82) is 0 Å². The summed E-state index contributed by atoms with van der Waals surface area (Å²) >= 11 is 1.25. The molecule has 2 heterocycles. The maximum atomic E-state index is 13.9. The molecule has 25 heavy (non-hydrogen) atoms. The average Bonchev–Trinajstić information content (AvgIpc) is 2.97. The minimum Gasteiger partial charge on any atom is -0.324 e. The van der Waals surface area contributed by atoms with Crippen LogP contribution in [0.2, 0.25) is 0 Å². The number of hydrogen-bond donors (Lipinski definition) is 1. The van der Waals surface area contributed by atoms with Crippen molar-refractivity contribution < 1.29 is 9.18 Å². The van der Waals surface area contributed by atoms with Crippen LogP contribution < -0.4 is 5.32 Å². The largest absolute Gasteiger partial charge is 0.324 e. The van der Waals surface area contributed by atoms with Crippen molar-refractivity contribution in [2.24, 2.45) is 7.05 Å². The van der Waals surface area contributed by atoms with Gasteiger partial charge in [0.1, 0.15) is 5.82 Å². The normalized spacial score (nSPS) is 12.0. The molecule has 1 amide bonds. The van der Waals surface area contributed by atoms with Crippen LogP contribution in [0.3, 0.4) is 0 Å². The van der Waals surface area contributed by atoms with Crippen LogP contribution in [0.15, 0.2) is 53.9 Å². The summed E-state index contributed by atoms with van der Waals surface area (Å²) < 4.78 is 15.6. The molecule has 8 heteroatoms. The molecule has 0 aliphatic heterocycles. The van der Waals surface area contributed by atoms with Gasteiger partial charge in [-0.15, -0.1) is 10.2 Å². The molecule has 1 aromatic carbocycles. The Bertz CT molecular complexity index is 884. The number of pyridine rings is 1. The van der Waals surface area contributed by atoms with Gasteiger partial charge >= 0.3 is 0 Å². The van der Waals surface area contributed by atoms with E-state index in [0.29, 0.717) is 22.2 Å². The second-order valence-electron chi connectivity index (χ2n) is 5.34. The maximum absolute atomic E-state index is 13.9. The van der Waals surface area contributed by atoms with Crippen molar-refractivity contribution in [2.75, 3.05) is 5.32 Å². The highest BCUT2D eigenvalue weighted by atomic mass is 32.2. The van der Waals surface area contributed by atoms with E-state index in [9.17, 15) is 9.18 Å². The van der Waals surface area contributed by atoms with Crippen LogP contribution in [-0.2, 0) is 11.8 Å². The van der Waals surface area contributed by atoms with Gasteiger partial charge in [-0.25, -0.2) is 4.39 Å². The molecule has 1 atom stereocenters. The van der Waals surface area contributed by atoms with Crippen molar-refractivity contribution >= 4 is 23.4 Å². The number of amides is 1. The van der Waals surface area contributed by atoms with Gasteiger partial charge in [-0.3, -0.25) is 9.78 Å². The van der Waals surface area contributed by atoms with Gasteiger partial charge in [-0.05, 0) is 31.2 Å². The van der Waals surface area contributed by atoms with Crippen molar-refractivity contribution in [3.05, 3.63) is 54.6 Å². The molecule has 0 saturated carbocycles.